The zero-order valence-corrected chi connectivity index (χ0v) is 12.3. The van der Waals surface area contributed by atoms with E-state index in [9.17, 15) is 9.59 Å². The van der Waals surface area contributed by atoms with Crippen molar-refractivity contribution < 1.29 is 9.59 Å². The molecule has 0 unspecified atom stereocenters. The lowest BCUT2D eigenvalue weighted by Gasteiger charge is -2.39. The minimum atomic E-state index is -0.396. The van der Waals surface area contributed by atoms with E-state index in [1.807, 2.05) is 30.3 Å². The van der Waals surface area contributed by atoms with Crippen molar-refractivity contribution >= 4 is 11.8 Å². The van der Waals surface area contributed by atoms with Gasteiger partial charge in [0, 0.05) is 31.5 Å². The maximum Gasteiger partial charge on any atom is 0.224 e. The van der Waals surface area contributed by atoms with Gasteiger partial charge in [0.05, 0.1) is 0 Å². The number of carbonyl (C=O) groups excluding carboxylic acids is 2. The molecule has 0 aromatic heterocycles. The molecule has 2 amide bonds. The summed E-state index contributed by atoms with van der Waals surface area (Å²) in [4.78, 5) is 25.1. The molecule has 2 rings (SSSR count). The fourth-order valence-corrected chi connectivity index (χ4v) is 2.56. The topological polar surface area (TPSA) is 89.4 Å². The van der Waals surface area contributed by atoms with Crippen molar-refractivity contribution in [1.82, 2.24) is 4.90 Å². The van der Waals surface area contributed by atoms with Gasteiger partial charge in [-0.1, -0.05) is 30.3 Å². The molecule has 0 aliphatic heterocycles. The third-order valence-electron chi connectivity index (χ3n) is 4.05. The van der Waals surface area contributed by atoms with E-state index in [-0.39, 0.29) is 17.9 Å². The molecule has 0 saturated heterocycles. The molecule has 4 N–H and O–H groups in total. The molecule has 0 bridgehead atoms. The lowest BCUT2D eigenvalue weighted by atomic mass is 9.75. The monoisotopic (exact) mass is 289 g/mol. The highest BCUT2D eigenvalue weighted by atomic mass is 16.2. The predicted molar refractivity (Wildman–Crippen MR) is 81.1 cm³/mol. The average molecular weight is 289 g/mol. The smallest absolute Gasteiger partial charge is 0.224 e. The Kier molecular flexibility index (Phi) is 4.96. The first-order valence-electron chi connectivity index (χ1n) is 7.37. The van der Waals surface area contributed by atoms with Gasteiger partial charge in [-0.15, -0.1) is 0 Å². The van der Waals surface area contributed by atoms with E-state index >= 15 is 0 Å². The molecule has 5 nitrogen and oxygen atoms in total. The van der Waals surface area contributed by atoms with Crippen LogP contribution in [0.3, 0.4) is 0 Å². The van der Waals surface area contributed by atoms with Crippen LogP contribution < -0.4 is 11.5 Å². The number of rotatable bonds is 7. The maximum atomic E-state index is 12.5. The Morgan fingerprint density at radius 3 is 2.38 bits per heavy atom. The van der Waals surface area contributed by atoms with Gasteiger partial charge in [0.2, 0.25) is 11.8 Å². The standard InChI is InChI=1S/C16H23N3O2/c17-14(20)7-10-19(12-13-5-2-1-3-6-13)15(21)11-16(18)8-4-9-16/h1-3,5-6H,4,7-12,18H2,(H2,17,20). The van der Waals surface area contributed by atoms with Crippen molar-refractivity contribution in [3.63, 3.8) is 0 Å². The molecule has 0 atom stereocenters. The van der Waals surface area contributed by atoms with E-state index in [1.165, 1.54) is 0 Å². The summed E-state index contributed by atoms with van der Waals surface area (Å²) in [5.74, 6) is -0.394. The summed E-state index contributed by atoms with van der Waals surface area (Å²) in [5, 5.41) is 0. The summed E-state index contributed by atoms with van der Waals surface area (Å²) in [6.07, 6.45) is 3.40. The molecule has 5 heteroatoms. The van der Waals surface area contributed by atoms with Gasteiger partial charge in [-0.2, -0.15) is 0 Å². The third kappa shape index (κ3) is 4.56. The van der Waals surface area contributed by atoms with E-state index in [2.05, 4.69) is 0 Å². The molecule has 114 valence electrons. The van der Waals surface area contributed by atoms with Crippen molar-refractivity contribution in [2.45, 2.75) is 44.2 Å². The number of primary amides is 1. The second-order valence-electron chi connectivity index (χ2n) is 5.91. The predicted octanol–water partition coefficient (Wildman–Crippen LogP) is 1.16. The Balaban J connectivity index is 2.00. The molecular weight excluding hydrogens is 266 g/mol. The summed E-state index contributed by atoms with van der Waals surface area (Å²) < 4.78 is 0. The highest BCUT2D eigenvalue weighted by Gasteiger charge is 2.36. The van der Waals surface area contributed by atoms with Gasteiger partial charge in [-0.3, -0.25) is 9.59 Å². The van der Waals surface area contributed by atoms with Crippen LogP contribution in [0.25, 0.3) is 0 Å². The molecule has 1 fully saturated rings. The van der Waals surface area contributed by atoms with Crippen LogP contribution in [0, 0.1) is 0 Å². The molecule has 1 aromatic carbocycles. The molecule has 0 spiro atoms. The minimum Gasteiger partial charge on any atom is -0.370 e. The lowest BCUT2D eigenvalue weighted by Crippen LogP contribution is -2.50. The second kappa shape index (κ2) is 6.72. The Morgan fingerprint density at radius 2 is 1.86 bits per heavy atom. The van der Waals surface area contributed by atoms with Crippen molar-refractivity contribution in [3.05, 3.63) is 35.9 Å². The maximum absolute atomic E-state index is 12.5. The minimum absolute atomic E-state index is 0.00213. The van der Waals surface area contributed by atoms with Gasteiger partial charge in [-0.25, -0.2) is 0 Å². The summed E-state index contributed by atoms with van der Waals surface area (Å²) >= 11 is 0. The lowest BCUT2D eigenvalue weighted by molar-refractivity contribution is -0.134. The van der Waals surface area contributed by atoms with E-state index in [1.54, 1.807) is 4.90 Å². The highest BCUT2D eigenvalue weighted by molar-refractivity contribution is 5.79. The fraction of sp³-hybridized carbons (Fsp3) is 0.500. The molecule has 0 radical (unpaired) electrons. The number of amides is 2. The first-order chi connectivity index (χ1) is 9.98. The zero-order chi connectivity index (χ0) is 15.3. The van der Waals surface area contributed by atoms with Crippen LogP contribution in [-0.2, 0) is 16.1 Å². The zero-order valence-electron chi connectivity index (χ0n) is 12.3. The van der Waals surface area contributed by atoms with Crippen molar-refractivity contribution in [3.8, 4) is 0 Å². The average Bonchev–Trinajstić information content (AvgIpc) is 2.42. The van der Waals surface area contributed by atoms with Crippen LogP contribution in [0.1, 0.15) is 37.7 Å². The molecule has 1 aliphatic carbocycles. The van der Waals surface area contributed by atoms with Crippen molar-refractivity contribution in [2.75, 3.05) is 6.54 Å². The van der Waals surface area contributed by atoms with Crippen molar-refractivity contribution in [1.29, 1.82) is 0 Å². The molecule has 1 aliphatic rings. The van der Waals surface area contributed by atoms with Crippen LogP contribution in [0.4, 0.5) is 0 Å². The third-order valence-corrected chi connectivity index (χ3v) is 4.05. The van der Waals surface area contributed by atoms with E-state index in [0.717, 1.165) is 24.8 Å². The van der Waals surface area contributed by atoms with Gasteiger partial charge in [-0.05, 0) is 24.8 Å². The Bertz CT molecular complexity index is 498. The van der Waals surface area contributed by atoms with Crippen molar-refractivity contribution in [2.24, 2.45) is 11.5 Å². The Hall–Kier alpha value is -1.88. The molecular formula is C16H23N3O2. The van der Waals surface area contributed by atoms with Crippen LogP contribution in [0.5, 0.6) is 0 Å². The van der Waals surface area contributed by atoms with Crippen LogP contribution in [0.2, 0.25) is 0 Å². The molecule has 0 heterocycles. The van der Waals surface area contributed by atoms with Gasteiger partial charge in [0.1, 0.15) is 0 Å². The molecule has 21 heavy (non-hydrogen) atoms. The quantitative estimate of drug-likeness (QED) is 0.789. The molecule has 1 saturated carbocycles. The van der Waals surface area contributed by atoms with Gasteiger partial charge >= 0.3 is 0 Å². The van der Waals surface area contributed by atoms with Gasteiger partial charge < -0.3 is 16.4 Å². The number of nitrogens with zero attached hydrogens (tertiary/aromatic N) is 1. The van der Waals surface area contributed by atoms with Gasteiger partial charge in [0.25, 0.3) is 0 Å². The SMILES string of the molecule is NC(=O)CCN(Cc1ccccc1)C(=O)CC1(N)CCC1. The number of benzene rings is 1. The largest absolute Gasteiger partial charge is 0.370 e. The number of carbonyl (C=O) groups is 2. The first-order valence-corrected chi connectivity index (χ1v) is 7.37. The van der Waals surface area contributed by atoms with Crippen LogP contribution in [-0.4, -0.2) is 28.8 Å². The van der Waals surface area contributed by atoms with Crippen LogP contribution in [0.15, 0.2) is 30.3 Å². The summed E-state index contributed by atoms with van der Waals surface area (Å²) in [5.41, 5.74) is 12.0. The Morgan fingerprint density at radius 1 is 1.19 bits per heavy atom. The number of hydrogen-bond donors (Lipinski definition) is 2. The fourth-order valence-electron chi connectivity index (χ4n) is 2.56. The normalized spacial score (nSPS) is 16.0. The van der Waals surface area contributed by atoms with E-state index in [0.29, 0.717) is 19.5 Å². The summed E-state index contributed by atoms with van der Waals surface area (Å²) in [7, 11) is 0. The van der Waals surface area contributed by atoms with E-state index in [4.69, 9.17) is 11.5 Å². The second-order valence-corrected chi connectivity index (χ2v) is 5.91. The van der Waals surface area contributed by atoms with Crippen LogP contribution >= 0.6 is 0 Å². The van der Waals surface area contributed by atoms with Gasteiger partial charge in [0.15, 0.2) is 0 Å². The Labute approximate surface area is 125 Å². The molecule has 1 aromatic rings. The first kappa shape index (κ1) is 15.5. The number of hydrogen-bond acceptors (Lipinski definition) is 3. The van der Waals surface area contributed by atoms with E-state index < -0.39 is 5.91 Å². The highest BCUT2D eigenvalue weighted by Crippen LogP contribution is 2.32. The summed E-state index contributed by atoms with van der Waals surface area (Å²) in [6.45, 7) is 0.835. The summed E-state index contributed by atoms with van der Waals surface area (Å²) in [6, 6.07) is 9.73. The number of nitrogens with two attached hydrogens (primary N) is 2.